The van der Waals surface area contributed by atoms with Gasteiger partial charge in [-0.2, -0.15) is 0 Å². The van der Waals surface area contributed by atoms with Gasteiger partial charge >= 0.3 is 0 Å². The van der Waals surface area contributed by atoms with Crippen LogP contribution < -0.4 is 9.80 Å². The average Bonchev–Trinajstić information content (AvgIpc) is 3.20. The molecule has 0 saturated heterocycles. The highest BCUT2D eigenvalue weighted by atomic mass is 16.3. The zero-order valence-corrected chi connectivity index (χ0v) is 18.1. The van der Waals surface area contributed by atoms with Crippen LogP contribution in [0.3, 0.4) is 0 Å². The van der Waals surface area contributed by atoms with E-state index in [4.69, 9.17) is 0 Å². The second-order valence-electron chi connectivity index (χ2n) is 8.09. The van der Waals surface area contributed by atoms with E-state index in [-0.39, 0.29) is 11.6 Å². The monoisotopic (exact) mass is 441 g/mol. The van der Waals surface area contributed by atoms with Gasteiger partial charge in [-0.05, 0) is 71.2 Å². The van der Waals surface area contributed by atoms with Crippen LogP contribution in [0.25, 0.3) is 10.8 Å². The van der Waals surface area contributed by atoms with Crippen molar-refractivity contribution in [3.05, 3.63) is 126 Å². The van der Waals surface area contributed by atoms with Crippen molar-refractivity contribution in [2.24, 2.45) is 5.18 Å². The van der Waals surface area contributed by atoms with Gasteiger partial charge < -0.3 is 4.90 Å². The van der Waals surface area contributed by atoms with Gasteiger partial charge in [0, 0.05) is 28.1 Å². The molecule has 0 radical (unpaired) electrons. The van der Waals surface area contributed by atoms with E-state index in [1.54, 1.807) is 11.0 Å². The fourth-order valence-electron chi connectivity index (χ4n) is 4.66. The van der Waals surface area contributed by atoms with E-state index in [0.29, 0.717) is 5.56 Å². The van der Waals surface area contributed by atoms with E-state index in [2.05, 4.69) is 34.3 Å². The fourth-order valence-corrected chi connectivity index (χ4v) is 4.66. The van der Waals surface area contributed by atoms with Crippen molar-refractivity contribution in [3.8, 4) is 0 Å². The van der Waals surface area contributed by atoms with Gasteiger partial charge in [-0.1, -0.05) is 54.6 Å². The highest BCUT2D eigenvalue weighted by Crippen LogP contribution is 2.45. The molecule has 34 heavy (non-hydrogen) atoms. The molecule has 0 saturated carbocycles. The molecule has 0 atom stereocenters. The number of benzene rings is 5. The fraction of sp³-hybridized carbons (Fsp3) is 0. The predicted molar refractivity (Wildman–Crippen MR) is 137 cm³/mol. The Kier molecular flexibility index (Phi) is 4.66. The minimum atomic E-state index is -0.239. The highest BCUT2D eigenvalue weighted by molar-refractivity contribution is 6.30. The first kappa shape index (κ1) is 19.9. The number of carbonyl (C=O) groups is 1. The zero-order valence-electron chi connectivity index (χ0n) is 18.1. The standard InChI is InChI=1S/C29H19N3O2/c33-29-28-25(30-34)19-14-20-8-7-13-26(27(20)28)32(29)24-17-15-23(16-18-24)31(21-9-3-1-4-10-21)22-11-5-2-6-12-22/h1-19H. The van der Waals surface area contributed by atoms with Crippen molar-refractivity contribution in [2.45, 2.75) is 0 Å². The smallest absolute Gasteiger partial charge is 0.265 e. The highest BCUT2D eigenvalue weighted by Gasteiger charge is 2.33. The molecule has 162 valence electrons. The van der Waals surface area contributed by atoms with Crippen LogP contribution in [0.2, 0.25) is 0 Å². The van der Waals surface area contributed by atoms with Gasteiger partial charge in [0.15, 0.2) is 0 Å². The Labute approximate surface area is 196 Å². The normalized spacial score (nSPS) is 12.2. The summed E-state index contributed by atoms with van der Waals surface area (Å²) in [5, 5.41) is 4.78. The van der Waals surface area contributed by atoms with Crippen LogP contribution in [0.15, 0.2) is 120 Å². The largest absolute Gasteiger partial charge is 0.311 e. The molecule has 0 bridgehead atoms. The van der Waals surface area contributed by atoms with E-state index in [0.717, 1.165) is 39.2 Å². The first-order chi connectivity index (χ1) is 16.8. The van der Waals surface area contributed by atoms with Crippen LogP contribution >= 0.6 is 0 Å². The van der Waals surface area contributed by atoms with Crippen molar-refractivity contribution >= 4 is 50.8 Å². The predicted octanol–water partition coefficient (Wildman–Crippen LogP) is 8.00. The minimum Gasteiger partial charge on any atom is -0.311 e. The first-order valence-electron chi connectivity index (χ1n) is 11.0. The lowest BCUT2D eigenvalue weighted by Gasteiger charge is -2.26. The molecule has 1 aliphatic rings. The molecule has 6 rings (SSSR count). The number of nitrogens with zero attached hydrogens (tertiary/aromatic N) is 3. The molecule has 0 spiro atoms. The number of carbonyl (C=O) groups excluding carboxylic acids is 1. The molecular weight excluding hydrogens is 422 g/mol. The van der Waals surface area contributed by atoms with Crippen LogP contribution in [0, 0.1) is 4.91 Å². The molecule has 0 unspecified atom stereocenters. The maximum atomic E-state index is 13.4. The van der Waals surface area contributed by atoms with Crippen molar-refractivity contribution < 1.29 is 4.79 Å². The molecule has 1 aliphatic heterocycles. The van der Waals surface area contributed by atoms with E-state index in [9.17, 15) is 9.70 Å². The van der Waals surface area contributed by atoms with Gasteiger partial charge in [0.2, 0.25) is 0 Å². The van der Waals surface area contributed by atoms with Crippen molar-refractivity contribution in [3.63, 3.8) is 0 Å². The molecule has 0 aliphatic carbocycles. The quantitative estimate of drug-likeness (QED) is 0.260. The Bertz CT molecular complexity index is 1490. The Morgan fingerprint density at radius 2 is 1.24 bits per heavy atom. The van der Waals surface area contributed by atoms with Crippen LogP contribution in [0.4, 0.5) is 34.1 Å². The lowest BCUT2D eigenvalue weighted by Crippen LogP contribution is -2.21. The molecule has 0 aromatic heterocycles. The summed E-state index contributed by atoms with van der Waals surface area (Å²) >= 11 is 0. The number of anilines is 5. The molecule has 5 heteroatoms. The minimum absolute atomic E-state index is 0.170. The topological polar surface area (TPSA) is 53.0 Å². The number of nitroso groups, excluding NO2 is 1. The molecule has 5 aromatic rings. The summed E-state index contributed by atoms with van der Waals surface area (Å²) in [6.45, 7) is 0. The lowest BCUT2D eigenvalue weighted by atomic mass is 10.0. The maximum Gasteiger partial charge on any atom is 0.265 e. The molecule has 5 aromatic carbocycles. The number of hydrogen-bond acceptors (Lipinski definition) is 4. The van der Waals surface area contributed by atoms with E-state index < -0.39 is 0 Å². The third-order valence-electron chi connectivity index (χ3n) is 6.15. The molecule has 0 N–H and O–H groups in total. The number of amides is 1. The van der Waals surface area contributed by atoms with Crippen LogP contribution in [-0.2, 0) is 0 Å². The molecule has 1 amide bonds. The summed E-state index contributed by atoms with van der Waals surface area (Å²) in [6.07, 6.45) is 0. The van der Waals surface area contributed by atoms with E-state index >= 15 is 0 Å². The van der Waals surface area contributed by atoms with Gasteiger partial charge in [-0.15, -0.1) is 4.91 Å². The second kappa shape index (κ2) is 7.98. The maximum absolute atomic E-state index is 13.4. The van der Waals surface area contributed by atoms with Gasteiger partial charge in [-0.3, -0.25) is 9.69 Å². The van der Waals surface area contributed by atoms with Crippen LogP contribution in [-0.4, -0.2) is 5.91 Å². The van der Waals surface area contributed by atoms with Gasteiger partial charge in [0.05, 0.1) is 11.3 Å². The third kappa shape index (κ3) is 3.06. The van der Waals surface area contributed by atoms with Gasteiger partial charge in [-0.25, -0.2) is 0 Å². The average molecular weight is 441 g/mol. The van der Waals surface area contributed by atoms with E-state index in [1.165, 1.54) is 0 Å². The van der Waals surface area contributed by atoms with Crippen molar-refractivity contribution in [2.75, 3.05) is 9.80 Å². The van der Waals surface area contributed by atoms with Crippen LogP contribution in [0.1, 0.15) is 10.4 Å². The van der Waals surface area contributed by atoms with Crippen molar-refractivity contribution in [1.82, 2.24) is 0 Å². The second-order valence-corrected chi connectivity index (χ2v) is 8.09. The molecule has 0 fully saturated rings. The summed E-state index contributed by atoms with van der Waals surface area (Å²) in [4.78, 5) is 28.7. The Morgan fingerprint density at radius 3 is 1.85 bits per heavy atom. The van der Waals surface area contributed by atoms with Crippen molar-refractivity contribution in [1.29, 1.82) is 0 Å². The van der Waals surface area contributed by atoms with Crippen LogP contribution in [0.5, 0.6) is 0 Å². The summed E-state index contributed by atoms with van der Waals surface area (Å²) in [5.74, 6) is -0.239. The summed E-state index contributed by atoms with van der Waals surface area (Å²) in [5.41, 5.74) is 5.08. The Morgan fingerprint density at radius 1 is 0.618 bits per heavy atom. The summed E-state index contributed by atoms with van der Waals surface area (Å²) in [7, 11) is 0. The third-order valence-corrected chi connectivity index (χ3v) is 6.15. The van der Waals surface area contributed by atoms with Gasteiger partial charge in [0.25, 0.3) is 5.91 Å². The number of rotatable bonds is 5. The number of para-hydroxylation sites is 2. The SMILES string of the molecule is O=Nc1ccc2cccc3c2c1C(=O)N3c1ccc(N(c2ccccc2)c2ccccc2)cc1. The lowest BCUT2D eigenvalue weighted by molar-refractivity contribution is 0.101. The first-order valence-corrected chi connectivity index (χ1v) is 11.0. The molecule has 1 heterocycles. The molecule has 5 nitrogen and oxygen atoms in total. The number of hydrogen-bond donors (Lipinski definition) is 0. The Balaban J connectivity index is 1.44. The van der Waals surface area contributed by atoms with E-state index in [1.807, 2.05) is 84.9 Å². The van der Waals surface area contributed by atoms with Gasteiger partial charge in [0.1, 0.15) is 5.69 Å². The Hall–Kier alpha value is -4.77. The summed E-state index contributed by atoms with van der Waals surface area (Å²) < 4.78 is 0. The summed E-state index contributed by atoms with van der Waals surface area (Å²) in [6, 6.07) is 37.4. The molecular formula is C29H19N3O2. The zero-order chi connectivity index (χ0) is 23.1.